The fraction of sp³-hybridized carbons (Fsp3) is 0.917. The minimum Gasteiger partial charge on any atom is -0.469 e. The van der Waals surface area contributed by atoms with Crippen LogP contribution >= 0.6 is 0 Å². The van der Waals surface area contributed by atoms with E-state index in [1.54, 1.807) is 0 Å². The molecule has 0 unspecified atom stereocenters. The Morgan fingerprint density at radius 3 is 2.40 bits per heavy atom. The molecule has 3 nitrogen and oxygen atoms in total. The van der Waals surface area contributed by atoms with Gasteiger partial charge in [-0.2, -0.15) is 0 Å². The zero-order valence-electron chi connectivity index (χ0n) is 10.6. The molecule has 15 heavy (non-hydrogen) atoms. The summed E-state index contributed by atoms with van der Waals surface area (Å²) in [6.07, 6.45) is 2.22. The summed E-state index contributed by atoms with van der Waals surface area (Å²) >= 11 is 0. The van der Waals surface area contributed by atoms with Gasteiger partial charge in [-0.25, -0.2) is 0 Å². The van der Waals surface area contributed by atoms with Gasteiger partial charge in [-0.05, 0) is 32.6 Å². The monoisotopic (exact) mass is 216 g/mol. The average Bonchev–Trinajstić information content (AvgIpc) is 2.15. The van der Waals surface area contributed by atoms with Crippen molar-refractivity contribution in [2.24, 2.45) is 11.3 Å². The Labute approximate surface area is 93.1 Å². The summed E-state index contributed by atoms with van der Waals surface area (Å²) in [6.45, 7) is 9.20. The Morgan fingerprint density at radius 2 is 1.93 bits per heavy atom. The van der Waals surface area contributed by atoms with E-state index >= 15 is 0 Å². The first-order valence-corrected chi connectivity index (χ1v) is 5.56. The summed E-state index contributed by atoms with van der Waals surface area (Å²) in [6, 6.07) is 0. The molecule has 3 heteroatoms. The molecule has 0 atom stereocenters. The predicted molar refractivity (Wildman–Crippen MR) is 60.7 cm³/mol. The molecular weight excluding hydrogens is 192 g/mol. The van der Waals surface area contributed by atoms with Crippen LogP contribution in [-0.2, 0) is 14.3 Å². The number of hydrogen-bond donors (Lipinski definition) is 0. The van der Waals surface area contributed by atoms with E-state index in [1.165, 1.54) is 13.5 Å². The lowest BCUT2D eigenvalue weighted by molar-refractivity contribution is -0.154. The van der Waals surface area contributed by atoms with Gasteiger partial charge in [0, 0.05) is 6.61 Å². The summed E-state index contributed by atoms with van der Waals surface area (Å²) < 4.78 is 10.2. The first-order valence-electron chi connectivity index (χ1n) is 5.56. The largest absolute Gasteiger partial charge is 0.469 e. The second-order valence-electron chi connectivity index (χ2n) is 4.96. The van der Waals surface area contributed by atoms with Crippen LogP contribution in [0.3, 0.4) is 0 Å². The molecule has 90 valence electrons. The molecule has 0 spiro atoms. The first kappa shape index (κ1) is 14.4. The highest BCUT2D eigenvalue weighted by Gasteiger charge is 2.28. The Hall–Kier alpha value is -0.570. The van der Waals surface area contributed by atoms with E-state index in [2.05, 4.69) is 13.8 Å². The molecule has 0 amide bonds. The fourth-order valence-electron chi connectivity index (χ4n) is 1.26. The summed E-state index contributed by atoms with van der Waals surface area (Å²) in [4.78, 5) is 11.3. The van der Waals surface area contributed by atoms with Gasteiger partial charge >= 0.3 is 5.97 Å². The molecule has 0 aliphatic heterocycles. The highest BCUT2D eigenvalue weighted by molar-refractivity contribution is 5.75. The van der Waals surface area contributed by atoms with Crippen molar-refractivity contribution in [3.05, 3.63) is 0 Å². The van der Waals surface area contributed by atoms with Crippen molar-refractivity contribution in [2.45, 2.75) is 40.5 Å². The standard InChI is InChI=1S/C12H24O3/c1-10(2)7-6-8-15-9-12(3,4)11(13)14-5/h10H,6-9H2,1-5H3. The lowest BCUT2D eigenvalue weighted by Crippen LogP contribution is -2.31. The molecule has 0 radical (unpaired) electrons. The van der Waals surface area contributed by atoms with Gasteiger partial charge in [0.1, 0.15) is 0 Å². The Morgan fingerprint density at radius 1 is 1.33 bits per heavy atom. The van der Waals surface area contributed by atoms with E-state index in [4.69, 9.17) is 9.47 Å². The normalized spacial score (nSPS) is 11.9. The zero-order chi connectivity index (χ0) is 11.9. The second-order valence-corrected chi connectivity index (χ2v) is 4.96. The predicted octanol–water partition coefficient (Wildman–Crippen LogP) is 2.64. The molecule has 0 aliphatic rings. The van der Waals surface area contributed by atoms with Crippen molar-refractivity contribution >= 4 is 5.97 Å². The molecule has 0 fully saturated rings. The molecule has 0 bridgehead atoms. The number of carbonyl (C=O) groups is 1. The van der Waals surface area contributed by atoms with Crippen molar-refractivity contribution in [1.82, 2.24) is 0 Å². The summed E-state index contributed by atoms with van der Waals surface area (Å²) in [5.74, 6) is 0.494. The van der Waals surface area contributed by atoms with Crippen molar-refractivity contribution in [3.63, 3.8) is 0 Å². The summed E-state index contributed by atoms with van der Waals surface area (Å²) in [7, 11) is 1.41. The Kier molecular flexibility index (Phi) is 6.57. The maximum absolute atomic E-state index is 11.3. The number of carbonyl (C=O) groups excluding carboxylic acids is 1. The van der Waals surface area contributed by atoms with Gasteiger partial charge in [-0.15, -0.1) is 0 Å². The molecule has 0 aromatic heterocycles. The lowest BCUT2D eigenvalue weighted by atomic mass is 9.95. The van der Waals surface area contributed by atoms with E-state index in [0.717, 1.165) is 13.0 Å². The number of ether oxygens (including phenoxy) is 2. The van der Waals surface area contributed by atoms with E-state index in [9.17, 15) is 4.79 Å². The number of rotatable bonds is 7. The van der Waals surface area contributed by atoms with E-state index < -0.39 is 5.41 Å². The third kappa shape index (κ3) is 6.50. The fourth-order valence-corrected chi connectivity index (χ4v) is 1.26. The Balaban J connectivity index is 3.62. The molecule has 0 aromatic rings. The molecule has 0 N–H and O–H groups in total. The van der Waals surface area contributed by atoms with Gasteiger partial charge in [-0.1, -0.05) is 13.8 Å². The lowest BCUT2D eigenvalue weighted by Gasteiger charge is -2.21. The molecule has 0 heterocycles. The molecule has 0 aliphatic carbocycles. The third-order valence-electron chi connectivity index (χ3n) is 2.27. The smallest absolute Gasteiger partial charge is 0.313 e. The second kappa shape index (κ2) is 6.83. The van der Waals surface area contributed by atoms with Crippen LogP contribution in [0.4, 0.5) is 0 Å². The van der Waals surface area contributed by atoms with Crippen molar-refractivity contribution < 1.29 is 14.3 Å². The van der Waals surface area contributed by atoms with Gasteiger partial charge in [0.2, 0.25) is 0 Å². The quantitative estimate of drug-likeness (QED) is 0.485. The van der Waals surface area contributed by atoms with Crippen LogP contribution in [0.1, 0.15) is 40.5 Å². The number of hydrogen-bond acceptors (Lipinski definition) is 3. The minimum atomic E-state index is -0.535. The van der Waals surface area contributed by atoms with Gasteiger partial charge in [-0.3, -0.25) is 4.79 Å². The molecular formula is C12H24O3. The van der Waals surface area contributed by atoms with Gasteiger partial charge in [0.05, 0.1) is 19.1 Å². The van der Waals surface area contributed by atoms with Crippen LogP contribution in [0.15, 0.2) is 0 Å². The minimum absolute atomic E-state index is 0.216. The summed E-state index contributed by atoms with van der Waals surface area (Å²) in [5, 5.41) is 0. The highest BCUT2D eigenvalue weighted by atomic mass is 16.5. The maximum atomic E-state index is 11.3. The summed E-state index contributed by atoms with van der Waals surface area (Å²) in [5.41, 5.74) is -0.535. The number of methoxy groups -OCH3 is 1. The van der Waals surface area contributed by atoms with Crippen LogP contribution < -0.4 is 0 Å². The first-order chi connectivity index (χ1) is 6.90. The van der Waals surface area contributed by atoms with Gasteiger partial charge in [0.15, 0.2) is 0 Å². The van der Waals surface area contributed by atoms with E-state index in [-0.39, 0.29) is 5.97 Å². The van der Waals surface area contributed by atoms with E-state index in [1.807, 2.05) is 13.8 Å². The average molecular weight is 216 g/mol. The van der Waals surface area contributed by atoms with Crippen LogP contribution in [0, 0.1) is 11.3 Å². The van der Waals surface area contributed by atoms with Crippen molar-refractivity contribution in [3.8, 4) is 0 Å². The van der Waals surface area contributed by atoms with Crippen LogP contribution in [0.2, 0.25) is 0 Å². The number of esters is 1. The van der Waals surface area contributed by atoms with Crippen LogP contribution in [-0.4, -0.2) is 26.3 Å². The zero-order valence-corrected chi connectivity index (χ0v) is 10.6. The van der Waals surface area contributed by atoms with Crippen molar-refractivity contribution in [2.75, 3.05) is 20.3 Å². The van der Waals surface area contributed by atoms with E-state index in [0.29, 0.717) is 12.5 Å². The van der Waals surface area contributed by atoms with Crippen molar-refractivity contribution in [1.29, 1.82) is 0 Å². The maximum Gasteiger partial charge on any atom is 0.313 e. The molecule has 0 saturated carbocycles. The van der Waals surface area contributed by atoms with Crippen LogP contribution in [0.25, 0.3) is 0 Å². The third-order valence-corrected chi connectivity index (χ3v) is 2.27. The molecule has 0 aromatic carbocycles. The SMILES string of the molecule is COC(=O)C(C)(C)COCCCC(C)C. The highest BCUT2D eigenvalue weighted by Crippen LogP contribution is 2.17. The molecule has 0 rings (SSSR count). The Bertz CT molecular complexity index is 185. The van der Waals surface area contributed by atoms with Gasteiger partial charge in [0.25, 0.3) is 0 Å². The van der Waals surface area contributed by atoms with Crippen LogP contribution in [0.5, 0.6) is 0 Å². The van der Waals surface area contributed by atoms with Gasteiger partial charge < -0.3 is 9.47 Å². The molecule has 0 saturated heterocycles. The topological polar surface area (TPSA) is 35.5 Å².